The number of hydrogen-bond donors (Lipinski definition) is 1. The molecule has 1 fully saturated rings. The lowest BCUT2D eigenvalue weighted by molar-refractivity contribution is 0.0225. The number of halogens is 1. The van der Waals surface area contributed by atoms with Crippen LogP contribution in [0.5, 0.6) is 0 Å². The van der Waals surface area contributed by atoms with Crippen molar-refractivity contribution < 1.29 is 5.11 Å². The first-order valence-electron chi connectivity index (χ1n) is 7.75. The van der Waals surface area contributed by atoms with Gasteiger partial charge in [0.2, 0.25) is 0 Å². The van der Waals surface area contributed by atoms with E-state index < -0.39 is 5.60 Å². The van der Waals surface area contributed by atoms with Gasteiger partial charge >= 0.3 is 0 Å². The van der Waals surface area contributed by atoms with Gasteiger partial charge in [-0.2, -0.15) is 0 Å². The molecule has 0 amide bonds. The van der Waals surface area contributed by atoms with Crippen molar-refractivity contribution in [2.45, 2.75) is 64.9 Å². The maximum absolute atomic E-state index is 10.9. The number of aliphatic hydroxyl groups is 1. The molecule has 0 aliphatic heterocycles. The molecular weight excluding hydrogens is 268 g/mol. The minimum Gasteiger partial charge on any atom is -0.390 e. The zero-order valence-corrected chi connectivity index (χ0v) is 13.7. The zero-order chi connectivity index (χ0) is 14.8. The van der Waals surface area contributed by atoms with Gasteiger partial charge in [-0.05, 0) is 54.7 Å². The third-order valence-electron chi connectivity index (χ3n) is 4.80. The third kappa shape index (κ3) is 4.23. The average Bonchev–Trinajstić information content (AvgIpc) is 2.50. The Morgan fingerprint density at radius 1 is 1.25 bits per heavy atom. The largest absolute Gasteiger partial charge is 0.390 e. The molecule has 2 unspecified atom stereocenters. The van der Waals surface area contributed by atoms with E-state index in [1.54, 1.807) is 0 Å². The van der Waals surface area contributed by atoms with Crippen molar-refractivity contribution in [3.05, 3.63) is 34.9 Å². The summed E-state index contributed by atoms with van der Waals surface area (Å²) in [4.78, 5) is 0. The predicted molar refractivity (Wildman–Crippen MR) is 86.1 cm³/mol. The van der Waals surface area contributed by atoms with Crippen LogP contribution < -0.4 is 0 Å². The van der Waals surface area contributed by atoms with Crippen molar-refractivity contribution in [1.82, 2.24) is 0 Å². The van der Waals surface area contributed by atoms with E-state index in [2.05, 4.69) is 26.8 Å². The van der Waals surface area contributed by atoms with Crippen molar-refractivity contribution in [2.24, 2.45) is 11.3 Å². The van der Waals surface area contributed by atoms with Crippen LogP contribution in [-0.2, 0) is 6.42 Å². The molecule has 1 N–H and O–H groups in total. The highest BCUT2D eigenvalue weighted by Gasteiger charge is 2.34. The normalized spacial score (nSPS) is 28.1. The molecule has 2 heteroatoms. The first-order valence-corrected chi connectivity index (χ1v) is 8.13. The molecule has 0 saturated heterocycles. The van der Waals surface area contributed by atoms with E-state index in [9.17, 15) is 5.11 Å². The molecule has 1 aliphatic carbocycles. The van der Waals surface area contributed by atoms with Crippen LogP contribution >= 0.6 is 11.6 Å². The summed E-state index contributed by atoms with van der Waals surface area (Å²) in [5.74, 6) is 0.718. The molecule has 112 valence electrons. The van der Waals surface area contributed by atoms with Crippen LogP contribution in [0.2, 0.25) is 5.02 Å². The van der Waals surface area contributed by atoms with Gasteiger partial charge in [-0.1, -0.05) is 50.9 Å². The fourth-order valence-electron chi connectivity index (χ4n) is 3.46. The highest BCUT2D eigenvalue weighted by molar-refractivity contribution is 6.30. The van der Waals surface area contributed by atoms with E-state index in [-0.39, 0.29) is 0 Å². The number of rotatable bonds is 2. The molecule has 20 heavy (non-hydrogen) atoms. The predicted octanol–water partition coefficient (Wildman–Crippen LogP) is 5.24. The SMILES string of the molecule is CC(C)(C)C1CCCC(O)(Cc2cccc(Cl)c2)CC1. The molecule has 1 aliphatic rings. The average molecular weight is 295 g/mol. The van der Waals surface area contributed by atoms with Gasteiger partial charge in [-0.25, -0.2) is 0 Å². The van der Waals surface area contributed by atoms with Gasteiger partial charge in [-0.3, -0.25) is 0 Å². The van der Waals surface area contributed by atoms with Crippen LogP contribution in [0.4, 0.5) is 0 Å². The van der Waals surface area contributed by atoms with E-state index in [1.165, 1.54) is 6.42 Å². The van der Waals surface area contributed by atoms with Crippen molar-refractivity contribution >= 4 is 11.6 Å². The lowest BCUT2D eigenvalue weighted by Gasteiger charge is -2.31. The van der Waals surface area contributed by atoms with Crippen LogP contribution in [0.25, 0.3) is 0 Å². The van der Waals surface area contributed by atoms with E-state index in [4.69, 9.17) is 11.6 Å². The molecule has 2 rings (SSSR count). The van der Waals surface area contributed by atoms with Gasteiger partial charge in [-0.15, -0.1) is 0 Å². The Kier molecular flexibility index (Phi) is 4.81. The highest BCUT2D eigenvalue weighted by Crippen LogP contribution is 2.40. The molecule has 0 aromatic heterocycles. The lowest BCUT2D eigenvalue weighted by atomic mass is 9.76. The molecule has 2 atom stereocenters. The third-order valence-corrected chi connectivity index (χ3v) is 5.03. The quantitative estimate of drug-likeness (QED) is 0.740. The summed E-state index contributed by atoms with van der Waals surface area (Å²) in [6, 6.07) is 7.90. The fraction of sp³-hybridized carbons (Fsp3) is 0.667. The molecule has 0 radical (unpaired) electrons. The van der Waals surface area contributed by atoms with Crippen molar-refractivity contribution in [3.8, 4) is 0 Å². The van der Waals surface area contributed by atoms with Gasteiger partial charge in [0.25, 0.3) is 0 Å². The van der Waals surface area contributed by atoms with Crippen molar-refractivity contribution in [2.75, 3.05) is 0 Å². The minimum atomic E-state index is -0.551. The zero-order valence-electron chi connectivity index (χ0n) is 13.0. The van der Waals surface area contributed by atoms with Gasteiger partial charge < -0.3 is 5.11 Å². The van der Waals surface area contributed by atoms with E-state index in [1.807, 2.05) is 18.2 Å². The summed E-state index contributed by atoms with van der Waals surface area (Å²) in [5.41, 5.74) is 0.945. The van der Waals surface area contributed by atoms with E-state index in [0.29, 0.717) is 5.41 Å². The molecule has 1 aromatic carbocycles. The maximum atomic E-state index is 10.9. The Morgan fingerprint density at radius 3 is 2.65 bits per heavy atom. The Balaban J connectivity index is 2.04. The smallest absolute Gasteiger partial charge is 0.0688 e. The molecular formula is C18H27ClO. The van der Waals surface area contributed by atoms with Gasteiger partial charge in [0.15, 0.2) is 0 Å². The highest BCUT2D eigenvalue weighted by atomic mass is 35.5. The standard InChI is InChI=1S/C18H27ClO/c1-17(2,3)15-7-5-10-18(20,11-9-15)13-14-6-4-8-16(19)12-14/h4,6,8,12,15,20H,5,7,9-11,13H2,1-3H3. The maximum Gasteiger partial charge on any atom is 0.0688 e. The summed E-state index contributed by atoms with van der Waals surface area (Å²) in [7, 11) is 0. The lowest BCUT2D eigenvalue weighted by Crippen LogP contribution is -2.31. The number of benzene rings is 1. The Morgan fingerprint density at radius 2 is 2.00 bits per heavy atom. The van der Waals surface area contributed by atoms with Crippen LogP contribution in [0.15, 0.2) is 24.3 Å². The summed E-state index contributed by atoms with van der Waals surface area (Å²) in [6.07, 6.45) is 6.03. The van der Waals surface area contributed by atoms with Crippen LogP contribution in [0, 0.1) is 11.3 Å². The van der Waals surface area contributed by atoms with Crippen LogP contribution in [0.3, 0.4) is 0 Å². The Bertz CT molecular complexity index is 449. The van der Waals surface area contributed by atoms with Crippen LogP contribution in [0.1, 0.15) is 58.4 Å². The fourth-order valence-corrected chi connectivity index (χ4v) is 3.67. The summed E-state index contributed by atoms with van der Waals surface area (Å²) in [6.45, 7) is 6.96. The first kappa shape index (κ1) is 15.9. The molecule has 0 spiro atoms. The van der Waals surface area contributed by atoms with Gasteiger partial charge in [0.05, 0.1) is 5.60 Å². The van der Waals surface area contributed by atoms with Gasteiger partial charge in [0, 0.05) is 11.4 Å². The Labute approximate surface area is 128 Å². The topological polar surface area (TPSA) is 20.2 Å². The summed E-state index contributed by atoms with van der Waals surface area (Å²) in [5, 5.41) is 11.7. The molecule has 1 nitrogen and oxygen atoms in total. The summed E-state index contributed by atoms with van der Waals surface area (Å²) < 4.78 is 0. The van der Waals surface area contributed by atoms with E-state index >= 15 is 0 Å². The molecule has 1 saturated carbocycles. The molecule has 0 bridgehead atoms. The van der Waals surface area contributed by atoms with Gasteiger partial charge in [0.1, 0.15) is 0 Å². The Hall–Kier alpha value is -0.530. The van der Waals surface area contributed by atoms with Crippen LogP contribution in [-0.4, -0.2) is 10.7 Å². The summed E-state index contributed by atoms with van der Waals surface area (Å²) >= 11 is 6.04. The second-order valence-corrected chi connectivity index (χ2v) is 7.96. The molecule has 0 heterocycles. The minimum absolute atomic E-state index is 0.349. The second kappa shape index (κ2) is 6.07. The molecule has 1 aromatic rings. The first-order chi connectivity index (χ1) is 9.28. The van der Waals surface area contributed by atoms with Crippen molar-refractivity contribution in [3.63, 3.8) is 0 Å². The second-order valence-electron chi connectivity index (χ2n) is 7.52. The van der Waals surface area contributed by atoms with Crippen molar-refractivity contribution in [1.29, 1.82) is 0 Å². The van der Waals surface area contributed by atoms with E-state index in [0.717, 1.165) is 48.6 Å². The monoisotopic (exact) mass is 294 g/mol. The number of hydrogen-bond acceptors (Lipinski definition) is 1.